The number of thiophene rings is 2. The zero-order valence-electron chi connectivity index (χ0n) is 40.9. The minimum Gasteiger partial charge on any atom is -0.334 e. The van der Waals surface area contributed by atoms with Crippen molar-refractivity contribution in [2.45, 2.75) is 97.4 Å². The Morgan fingerprint density at radius 1 is 0.507 bits per heavy atom. The Balaban J connectivity index is 1.08. The fourth-order valence-electron chi connectivity index (χ4n) is 13.8. The molecule has 14 rings (SSSR count). The number of nitrogens with zero attached hydrogens (tertiary/aromatic N) is 3. The van der Waals surface area contributed by atoms with Crippen LogP contribution in [-0.2, 0) is 10.8 Å². The van der Waals surface area contributed by atoms with Crippen LogP contribution >= 0.6 is 22.7 Å². The molecule has 1 aliphatic carbocycles. The van der Waals surface area contributed by atoms with Crippen molar-refractivity contribution in [2.24, 2.45) is 0 Å². The number of fused-ring (bicyclic) bond motifs is 13. The normalized spacial score (nSPS) is 19.4. The van der Waals surface area contributed by atoms with Gasteiger partial charge < -0.3 is 14.7 Å². The van der Waals surface area contributed by atoms with Crippen molar-refractivity contribution in [1.82, 2.24) is 0 Å². The lowest BCUT2D eigenvalue weighted by Crippen LogP contribution is -2.61. The lowest BCUT2D eigenvalue weighted by molar-refractivity contribution is 0.194. The van der Waals surface area contributed by atoms with E-state index >= 15 is 0 Å². The predicted octanol–water partition coefficient (Wildman–Crippen LogP) is 16.5. The standard InChI is InChI=1S/C63H56BN3S2/c1-37-30-39(3)58-52(31-37)67(63(8)29-14-13-28-62(58,63)7)42-23-25-47-51(36-42)66(50-19-15-18-45-43-16-9-12-21-56(43)69-60(45)50)54-33-38(2)32-53-59(54)64(47)48-34-40(61(4,5)6)22-26-49(48)65(53)41-24-27-57-46(35-41)44-17-10-11-20-55(44)68-57/h9-12,15-27,30-36H,13-14,28-29H2,1-8H3. The summed E-state index contributed by atoms with van der Waals surface area (Å²) >= 11 is 3.82. The largest absolute Gasteiger partial charge is 0.334 e. The van der Waals surface area contributed by atoms with Gasteiger partial charge in [-0.1, -0.05) is 113 Å². The van der Waals surface area contributed by atoms with E-state index in [4.69, 9.17) is 0 Å². The van der Waals surface area contributed by atoms with Crippen molar-refractivity contribution >= 4 is 132 Å². The highest BCUT2D eigenvalue weighted by Gasteiger charge is 2.58. The lowest BCUT2D eigenvalue weighted by atomic mass is 9.33. The van der Waals surface area contributed by atoms with Crippen LogP contribution in [0.1, 0.15) is 88.1 Å². The molecule has 10 aromatic rings. The van der Waals surface area contributed by atoms with Crippen LogP contribution in [0.3, 0.4) is 0 Å². The van der Waals surface area contributed by atoms with Gasteiger partial charge in [-0.2, -0.15) is 0 Å². The molecule has 3 aliphatic heterocycles. The number of anilines is 8. The van der Waals surface area contributed by atoms with Gasteiger partial charge in [0.1, 0.15) is 0 Å². The second kappa shape index (κ2) is 14.4. The topological polar surface area (TPSA) is 9.72 Å². The van der Waals surface area contributed by atoms with E-state index in [0.29, 0.717) is 0 Å². The van der Waals surface area contributed by atoms with Gasteiger partial charge in [0.15, 0.2) is 0 Å². The Hall–Kier alpha value is -6.34. The maximum atomic E-state index is 2.80. The summed E-state index contributed by atoms with van der Waals surface area (Å²) in [6.45, 7) is 19.2. The van der Waals surface area contributed by atoms with E-state index in [2.05, 4.69) is 216 Å². The SMILES string of the molecule is Cc1cc2c3c(c1)N(c1cccc4c1sc1ccccc14)c1cc(N4c5cc(C)cc(C)c5C5(C)CCCCC45C)ccc1B3c1cc(C(C)(C)C)ccc1N2c1ccc2sc3ccccc3c2c1. The number of hydrogen-bond donors (Lipinski definition) is 0. The fourth-order valence-corrected chi connectivity index (χ4v) is 16.1. The van der Waals surface area contributed by atoms with E-state index in [0.717, 1.165) is 0 Å². The van der Waals surface area contributed by atoms with Crippen LogP contribution in [0.2, 0.25) is 0 Å². The number of aryl methyl sites for hydroxylation is 3. The second-order valence-electron chi connectivity index (χ2n) is 22.2. The summed E-state index contributed by atoms with van der Waals surface area (Å²) in [6, 6.07) is 57.0. The molecule has 338 valence electrons. The summed E-state index contributed by atoms with van der Waals surface area (Å²) in [6.07, 6.45) is 4.89. The highest BCUT2D eigenvalue weighted by atomic mass is 32.1. The van der Waals surface area contributed by atoms with E-state index in [-0.39, 0.29) is 23.1 Å². The summed E-state index contributed by atoms with van der Waals surface area (Å²) in [5.74, 6) is 0. The van der Waals surface area contributed by atoms with Gasteiger partial charge in [-0.25, -0.2) is 0 Å². The molecule has 0 N–H and O–H groups in total. The van der Waals surface area contributed by atoms with Crippen molar-refractivity contribution in [3.63, 3.8) is 0 Å². The molecule has 6 heteroatoms. The van der Waals surface area contributed by atoms with Gasteiger partial charge in [0, 0.05) is 80.9 Å². The molecule has 0 radical (unpaired) electrons. The zero-order valence-corrected chi connectivity index (χ0v) is 42.6. The summed E-state index contributed by atoms with van der Waals surface area (Å²) < 4.78 is 5.31. The van der Waals surface area contributed by atoms with Crippen LogP contribution in [0.5, 0.6) is 0 Å². The Morgan fingerprint density at radius 3 is 1.97 bits per heavy atom. The van der Waals surface area contributed by atoms with Gasteiger partial charge in [0.05, 0.1) is 15.9 Å². The van der Waals surface area contributed by atoms with Gasteiger partial charge in [0.25, 0.3) is 6.71 Å². The highest BCUT2D eigenvalue weighted by Crippen LogP contribution is 2.62. The van der Waals surface area contributed by atoms with Gasteiger partial charge in [-0.3, -0.25) is 0 Å². The molecule has 0 bridgehead atoms. The zero-order chi connectivity index (χ0) is 46.9. The molecule has 1 saturated carbocycles. The predicted molar refractivity (Wildman–Crippen MR) is 302 cm³/mol. The van der Waals surface area contributed by atoms with E-state index in [1.807, 2.05) is 22.7 Å². The second-order valence-corrected chi connectivity index (χ2v) is 24.4. The van der Waals surface area contributed by atoms with Crippen LogP contribution in [0, 0.1) is 20.8 Å². The summed E-state index contributed by atoms with van der Waals surface area (Å²) in [4.78, 5) is 8.09. The molecule has 5 heterocycles. The summed E-state index contributed by atoms with van der Waals surface area (Å²) in [7, 11) is 0. The molecule has 8 aromatic carbocycles. The average molecular weight is 930 g/mol. The van der Waals surface area contributed by atoms with Crippen molar-refractivity contribution < 1.29 is 0 Å². The average Bonchev–Trinajstić information content (AvgIpc) is 3.96. The lowest BCUT2D eigenvalue weighted by Gasteiger charge is -2.51. The monoisotopic (exact) mass is 929 g/mol. The molecule has 0 spiro atoms. The van der Waals surface area contributed by atoms with Crippen molar-refractivity contribution in [3.05, 3.63) is 173 Å². The van der Waals surface area contributed by atoms with Crippen molar-refractivity contribution in [2.75, 3.05) is 14.7 Å². The van der Waals surface area contributed by atoms with Crippen LogP contribution in [0.15, 0.2) is 146 Å². The highest BCUT2D eigenvalue weighted by molar-refractivity contribution is 7.26. The van der Waals surface area contributed by atoms with Gasteiger partial charge in [-0.15, -0.1) is 22.7 Å². The Labute approximate surface area is 414 Å². The van der Waals surface area contributed by atoms with E-state index < -0.39 is 0 Å². The molecule has 1 fully saturated rings. The first-order chi connectivity index (χ1) is 33.3. The molecule has 0 amide bonds. The van der Waals surface area contributed by atoms with Gasteiger partial charge in [0.2, 0.25) is 0 Å². The first-order valence-corrected chi connectivity index (χ1v) is 26.7. The van der Waals surface area contributed by atoms with Crippen molar-refractivity contribution in [1.29, 1.82) is 0 Å². The quantitative estimate of drug-likeness (QED) is 0.164. The Morgan fingerprint density at radius 2 is 1.17 bits per heavy atom. The summed E-state index contributed by atoms with van der Waals surface area (Å²) in [5, 5.41) is 5.28. The minimum absolute atomic E-state index is 0.0163. The number of hydrogen-bond acceptors (Lipinski definition) is 5. The molecule has 0 saturated heterocycles. The molecule has 2 unspecified atom stereocenters. The fraction of sp³-hybridized carbons (Fsp3) is 0.238. The smallest absolute Gasteiger partial charge is 0.252 e. The van der Waals surface area contributed by atoms with E-state index in [9.17, 15) is 0 Å². The Bertz CT molecular complexity index is 3850. The first-order valence-electron chi connectivity index (χ1n) is 25.1. The number of benzene rings is 8. The maximum Gasteiger partial charge on any atom is 0.252 e. The van der Waals surface area contributed by atoms with Gasteiger partial charge >= 0.3 is 0 Å². The molecule has 2 aromatic heterocycles. The molecular weight excluding hydrogens is 874 g/mol. The molecule has 4 aliphatic rings. The third-order valence-corrected chi connectivity index (χ3v) is 19.4. The molecule has 69 heavy (non-hydrogen) atoms. The van der Waals surface area contributed by atoms with E-state index in [1.54, 1.807) is 5.56 Å². The van der Waals surface area contributed by atoms with Crippen LogP contribution in [0.4, 0.5) is 45.5 Å². The van der Waals surface area contributed by atoms with E-state index in [1.165, 1.54) is 150 Å². The molecular formula is C63H56BN3S2. The minimum atomic E-state index is -0.0680. The third kappa shape index (κ3) is 5.68. The van der Waals surface area contributed by atoms with Crippen LogP contribution < -0.4 is 31.1 Å². The van der Waals surface area contributed by atoms with Crippen LogP contribution in [-0.4, -0.2) is 12.3 Å². The van der Waals surface area contributed by atoms with Crippen LogP contribution in [0.25, 0.3) is 40.3 Å². The molecule has 3 nitrogen and oxygen atoms in total. The van der Waals surface area contributed by atoms with Crippen molar-refractivity contribution in [3.8, 4) is 0 Å². The molecule has 2 atom stereocenters. The first kappa shape index (κ1) is 41.6. The van der Waals surface area contributed by atoms with Gasteiger partial charge in [-0.05, 0) is 163 Å². The summed E-state index contributed by atoms with van der Waals surface area (Å²) in [5.41, 5.74) is 21.2. The third-order valence-electron chi connectivity index (χ3n) is 17.1. The Kier molecular flexibility index (Phi) is 8.67. The number of rotatable bonds is 3. The maximum absolute atomic E-state index is 2.80.